The topological polar surface area (TPSA) is 81.9 Å². The van der Waals surface area contributed by atoms with Crippen LogP contribution in [0.5, 0.6) is 11.5 Å². The number of methoxy groups -OCH3 is 1. The second kappa shape index (κ2) is 8.62. The molecule has 2 aromatic rings. The Balaban J connectivity index is 1.90. The van der Waals surface area contributed by atoms with Crippen molar-refractivity contribution in [2.75, 3.05) is 12.0 Å². The molecule has 2 aromatic carbocycles. The zero-order chi connectivity index (χ0) is 21.1. The zero-order valence-electron chi connectivity index (χ0n) is 15.9. The molecule has 0 N–H and O–H groups in total. The minimum Gasteiger partial charge on any atom is -0.493 e. The van der Waals surface area contributed by atoms with Crippen molar-refractivity contribution < 1.29 is 19.2 Å². The lowest BCUT2D eigenvalue weighted by atomic mass is 10.1. The van der Waals surface area contributed by atoms with Gasteiger partial charge >= 0.3 is 0 Å². The van der Waals surface area contributed by atoms with Gasteiger partial charge in [-0.2, -0.15) is 0 Å². The molecule has 3 rings (SSSR count). The maximum atomic E-state index is 12.9. The molecule has 9 heteroatoms. The fourth-order valence-corrected chi connectivity index (χ4v) is 4.01. The van der Waals surface area contributed by atoms with Gasteiger partial charge in [0, 0.05) is 12.1 Å². The van der Waals surface area contributed by atoms with Crippen LogP contribution in [0.1, 0.15) is 19.4 Å². The zero-order valence-corrected chi connectivity index (χ0v) is 17.6. The van der Waals surface area contributed by atoms with Gasteiger partial charge in [-0.25, -0.2) is 0 Å². The molecule has 0 bridgehead atoms. The Morgan fingerprint density at radius 2 is 1.97 bits per heavy atom. The van der Waals surface area contributed by atoms with Gasteiger partial charge in [-0.1, -0.05) is 36.1 Å². The third-order valence-corrected chi connectivity index (χ3v) is 5.24. The summed E-state index contributed by atoms with van der Waals surface area (Å²) >= 11 is 6.47. The van der Waals surface area contributed by atoms with Crippen molar-refractivity contribution in [3.8, 4) is 11.5 Å². The molecule has 0 atom stereocenters. The lowest BCUT2D eigenvalue weighted by molar-refractivity contribution is -0.384. The van der Waals surface area contributed by atoms with E-state index in [1.165, 1.54) is 23.1 Å². The van der Waals surface area contributed by atoms with Gasteiger partial charge in [0.05, 0.1) is 28.7 Å². The lowest BCUT2D eigenvalue weighted by Gasteiger charge is -2.14. The molecular formula is C20H18N2O5S2. The molecule has 0 aromatic heterocycles. The van der Waals surface area contributed by atoms with Gasteiger partial charge < -0.3 is 9.47 Å². The fourth-order valence-electron chi connectivity index (χ4n) is 2.71. The van der Waals surface area contributed by atoms with Crippen molar-refractivity contribution in [3.63, 3.8) is 0 Å². The molecule has 1 saturated heterocycles. The third-order valence-electron chi connectivity index (χ3n) is 3.94. The van der Waals surface area contributed by atoms with E-state index in [0.717, 1.165) is 17.3 Å². The number of nitrogens with zero attached hydrogens (tertiary/aromatic N) is 2. The Labute approximate surface area is 177 Å². The predicted molar refractivity (Wildman–Crippen MR) is 118 cm³/mol. The number of hydrogen-bond acceptors (Lipinski definition) is 7. The normalized spacial score (nSPS) is 15.3. The van der Waals surface area contributed by atoms with Crippen LogP contribution in [0.25, 0.3) is 6.08 Å². The molecular weight excluding hydrogens is 412 g/mol. The molecule has 0 radical (unpaired) electrons. The molecule has 0 aliphatic carbocycles. The first-order valence-corrected chi connectivity index (χ1v) is 9.89. The number of amides is 1. The second-order valence-electron chi connectivity index (χ2n) is 6.37. The van der Waals surface area contributed by atoms with Crippen molar-refractivity contribution in [1.29, 1.82) is 0 Å². The van der Waals surface area contributed by atoms with E-state index in [0.29, 0.717) is 26.4 Å². The number of carbonyl (C=O) groups excluding carboxylic acids is 1. The summed E-state index contributed by atoms with van der Waals surface area (Å²) in [6.07, 6.45) is 1.71. The Morgan fingerprint density at radius 3 is 2.62 bits per heavy atom. The van der Waals surface area contributed by atoms with Crippen molar-refractivity contribution in [3.05, 3.63) is 63.0 Å². The van der Waals surface area contributed by atoms with Crippen LogP contribution in [0.15, 0.2) is 47.4 Å². The Hall–Kier alpha value is -2.91. The average molecular weight is 431 g/mol. The summed E-state index contributed by atoms with van der Waals surface area (Å²) in [5.41, 5.74) is 1.01. The first-order valence-electron chi connectivity index (χ1n) is 8.67. The lowest BCUT2D eigenvalue weighted by Crippen LogP contribution is -2.27. The number of nitro benzene ring substituents is 1. The molecule has 1 heterocycles. The monoisotopic (exact) mass is 430 g/mol. The predicted octanol–water partition coefficient (Wildman–Crippen LogP) is 4.80. The number of thiocarbonyl (C=S) groups is 1. The van der Waals surface area contributed by atoms with Crippen LogP contribution >= 0.6 is 24.0 Å². The van der Waals surface area contributed by atoms with E-state index in [1.54, 1.807) is 31.4 Å². The summed E-state index contributed by atoms with van der Waals surface area (Å²) in [6.45, 7) is 3.85. The van der Waals surface area contributed by atoms with Crippen LogP contribution in [-0.4, -0.2) is 28.4 Å². The molecule has 150 valence electrons. The Morgan fingerprint density at radius 1 is 1.21 bits per heavy atom. The second-order valence-corrected chi connectivity index (χ2v) is 8.05. The molecule has 1 fully saturated rings. The maximum Gasteiger partial charge on any atom is 0.271 e. The van der Waals surface area contributed by atoms with Gasteiger partial charge in [0.25, 0.3) is 11.6 Å². The van der Waals surface area contributed by atoms with Crippen LogP contribution < -0.4 is 14.4 Å². The van der Waals surface area contributed by atoms with Gasteiger partial charge in [-0.15, -0.1) is 0 Å². The summed E-state index contributed by atoms with van der Waals surface area (Å²) in [7, 11) is 1.55. The molecule has 29 heavy (non-hydrogen) atoms. The number of ether oxygens (including phenoxy) is 2. The standard InChI is InChI=1S/C20H18N2O5S2/c1-12(2)27-16-8-7-13(9-17(16)26-3)10-18-19(23)21(20(28)29-18)14-5-4-6-15(11-14)22(24)25/h4-12H,1-3H3/b18-10+. The number of carbonyl (C=O) groups is 1. The minimum absolute atomic E-state index is 0.000862. The maximum absolute atomic E-state index is 12.9. The summed E-state index contributed by atoms with van der Waals surface area (Å²) in [5.74, 6) is 0.840. The van der Waals surface area contributed by atoms with Gasteiger partial charge in [-0.3, -0.25) is 19.8 Å². The summed E-state index contributed by atoms with van der Waals surface area (Å²) in [6, 6.07) is 11.2. The van der Waals surface area contributed by atoms with E-state index >= 15 is 0 Å². The van der Waals surface area contributed by atoms with E-state index in [9.17, 15) is 14.9 Å². The number of benzene rings is 2. The summed E-state index contributed by atoms with van der Waals surface area (Å²) in [5, 5.41) is 11.0. The Kier molecular flexibility index (Phi) is 6.19. The minimum atomic E-state index is -0.510. The first kappa shape index (κ1) is 20.8. The van der Waals surface area contributed by atoms with Crippen LogP contribution in [0.4, 0.5) is 11.4 Å². The molecule has 0 unspecified atom stereocenters. The number of hydrogen-bond donors (Lipinski definition) is 0. The number of anilines is 1. The number of thioether (sulfide) groups is 1. The van der Waals surface area contributed by atoms with E-state index in [-0.39, 0.29) is 17.7 Å². The highest BCUT2D eigenvalue weighted by Crippen LogP contribution is 2.38. The molecule has 0 spiro atoms. The molecule has 0 saturated carbocycles. The number of rotatable bonds is 6. The molecule has 1 amide bonds. The molecule has 1 aliphatic rings. The molecule has 7 nitrogen and oxygen atoms in total. The number of non-ortho nitro benzene ring substituents is 1. The van der Waals surface area contributed by atoms with E-state index < -0.39 is 4.92 Å². The van der Waals surface area contributed by atoms with Crippen LogP contribution in [-0.2, 0) is 4.79 Å². The fraction of sp³-hybridized carbons (Fsp3) is 0.200. The smallest absolute Gasteiger partial charge is 0.271 e. The van der Waals surface area contributed by atoms with Crippen molar-refractivity contribution in [2.45, 2.75) is 20.0 Å². The SMILES string of the molecule is COc1cc(/C=C2/SC(=S)N(c3cccc([N+](=O)[O-])c3)C2=O)ccc1OC(C)C. The van der Waals surface area contributed by atoms with Gasteiger partial charge in [0.2, 0.25) is 0 Å². The van der Waals surface area contributed by atoms with Gasteiger partial charge in [-0.05, 0) is 43.7 Å². The highest BCUT2D eigenvalue weighted by molar-refractivity contribution is 8.27. The van der Waals surface area contributed by atoms with Gasteiger partial charge in [0.15, 0.2) is 15.8 Å². The van der Waals surface area contributed by atoms with E-state index in [4.69, 9.17) is 21.7 Å². The first-order chi connectivity index (χ1) is 13.8. The highest BCUT2D eigenvalue weighted by Gasteiger charge is 2.34. The van der Waals surface area contributed by atoms with Crippen LogP contribution in [0, 0.1) is 10.1 Å². The third kappa shape index (κ3) is 4.57. The van der Waals surface area contributed by atoms with E-state index in [2.05, 4.69) is 0 Å². The van der Waals surface area contributed by atoms with Crippen molar-refractivity contribution >= 4 is 51.7 Å². The quantitative estimate of drug-likeness (QED) is 0.282. The summed E-state index contributed by atoms with van der Waals surface area (Å²) in [4.78, 5) is 25.1. The largest absolute Gasteiger partial charge is 0.493 e. The van der Waals surface area contributed by atoms with Crippen molar-refractivity contribution in [1.82, 2.24) is 0 Å². The van der Waals surface area contributed by atoms with Crippen LogP contribution in [0.2, 0.25) is 0 Å². The average Bonchev–Trinajstić information content (AvgIpc) is 2.95. The van der Waals surface area contributed by atoms with Crippen LogP contribution in [0.3, 0.4) is 0 Å². The van der Waals surface area contributed by atoms with E-state index in [1.807, 2.05) is 19.9 Å². The summed E-state index contributed by atoms with van der Waals surface area (Å²) < 4.78 is 11.4. The Bertz CT molecular complexity index is 1020. The van der Waals surface area contributed by atoms with Gasteiger partial charge in [0.1, 0.15) is 0 Å². The highest BCUT2D eigenvalue weighted by atomic mass is 32.2. The number of nitro groups is 1. The molecule has 1 aliphatic heterocycles. The van der Waals surface area contributed by atoms with Crippen molar-refractivity contribution in [2.24, 2.45) is 0 Å².